The van der Waals surface area contributed by atoms with Crippen molar-refractivity contribution in [1.29, 1.82) is 0 Å². The van der Waals surface area contributed by atoms with E-state index in [1.165, 1.54) is 75.3 Å². The average Bonchev–Trinajstić information content (AvgIpc) is 2.56. The van der Waals surface area contributed by atoms with Gasteiger partial charge in [0.25, 0.3) is 6.73 Å². The van der Waals surface area contributed by atoms with E-state index in [0.717, 1.165) is 13.0 Å². The van der Waals surface area contributed by atoms with Crippen molar-refractivity contribution in [3.63, 3.8) is 0 Å². The summed E-state index contributed by atoms with van der Waals surface area (Å²) in [5.41, 5.74) is 2.79. The lowest BCUT2D eigenvalue weighted by atomic mass is 10.1. The normalized spacial score (nSPS) is 11.1. The Bertz CT molecular complexity index is 403. The molecule has 0 saturated heterocycles. The third kappa shape index (κ3) is 9.76. The third-order valence-corrected chi connectivity index (χ3v) is 4.60. The van der Waals surface area contributed by atoms with Gasteiger partial charge in [-0.15, -0.1) is 0 Å². The van der Waals surface area contributed by atoms with Crippen LogP contribution in [-0.2, 0) is 17.9 Å². The molecule has 1 heterocycles. The predicted octanol–water partition coefficient (Wildman–Crippen LogP) is 5.74. The van der Waals surface area contributed by atoms with Gasteiger partial charge in [-0.1, -0.05) is 71.6 Å². The van der Waals surface area contributed by atoms with Gasteiger partial charge >= 0.3 is 0 Å². The lowest BCUT2D eigenvalue weighted by Gasteiger charge is -2.04. The second-order valence-corrected chi connectivity index (χ2v) is 6.74. The Morgan fingerprint density at radius 1 is 0.870 bits per heavy atom. The molecular formula is C21H38NO+. The molecule has 0 aliphatic rings. The van der Waals surface area contributed by atoms with Gasteiger partial charge in [0.05, 0.1) is 6.61 Å². The number of pyridine rings is 1. The molecule has 2 heteroatoms. The minimum Gasteiger partial charge on any atom is -0.323 e. The summed E-state index contributed by atoms with van der Waals surface area (Å²) in [5.74, 6) is 0. The minimum atomic E-state index is 0.683. The third-order valence-electron chi connectivity index (χ3n) is 4.60. The first-order valence-corrected chi connectivity index (χ1v) is 9.84. The van der Waals surface area contributed by atoms with Crippen molar-refractivity contribution in [2.75, 3.05) is 6.61 Å². The monoisotopic (exact) mass is 320 g/mol. The molecule has 0 saturated carbocycles. The van der Waals surface area contributed by atoms with Crippen molar-refractivity contribution in [2.45, 2.75) is 98.1 Å². The van der Waals surface area contributed by atoms with E-state index in [0.29, 0.717) is 6.73 Å². The second-order valence-electron chi connectivity index (χ2n) is 6.74. The number of rotatable bonds is 14. The van der Waals surface area contributed by atoms with Crippen LogP contribution in [0.15, 0.2) is 18.5 Å². The molecule has 0 radical (unpaired) electrons. The molecule has 0 aromatic carbocycles. The Hall–Kier alpha value is -0.890. The lowest BCUT2D eigenvalue weighted by molar-refractivity contribution is -0.733. The molecule has 2 nitrogen and oxygen atoms in total. The lowest BCUT2D eigenvalue weighted by Crippen LogP contribution is -2.35. The molecule has 0 bridgehead atoms. The van der Waals surface area contributed by atoms with Gasteiger partial charge in [0.1, 0.15) is 0 Å². The van der Waals surface area contributed by atoms with Crippen molar-refractivity contribution in [3.8, 4) is 0 Å². The zero-order valence-corrected chi connectivity index (χ0v) is 15.8. The van der Waals surface area contributed by atoms with E-state index < -0.39 is 0 Å². The molecule has 23 heavy (non-hydrogen) atoms. The first-order valence-electron chi connectivity index (χ1n) is 9.84. The van der Waals surface area contributed by atoms with Crippen LogP contribution in [0.4, 0.5) is 0 Å². The minimum absolute atomic E-state index is 0.683. The highest BCUT2D eigenvalue weighted by molar-refractivity contribution is 5.18. The van der Waals surface area contributed by atoms with Crippen molar-refractivity contribution in [3.05, 3.63) is 29.6 Å². The molecule has 0 N–H and O–H groups in total. The van der Waals surface area contributed by atoms with Gasteiger partial charge < -0.3 is 4.74 Å². The van der Waals surface area contributed by atoms with Gasteiger partial charge in [0.2, 0.25) is 0 Å². The van der Waals surface area contributed by atoms with Crippen LogP contribution in [0.1, 0.15) is 89.2 Å². The van der Waals surface area contributed by atoms with Crippen molar-refractivity contribution >= 4 is 0 Å². The van der Waals surface area contributed by atoms with Crippen LogP contribution in [0.5, 0.6) is 0 Å². The largest absolute Gasteiger partial charge is 0.323 e. The number of aromatic nitrogens is 1. The van der Waals surface area contributed by atoms with Crippen molar-refractivity contribution in [1.82, 2.24) is 0 Å². The molecular weight excluding hydrogens is 282 g/mol. The molecule has 0 atom stereocenters. The Morgan fingerprint density at radius 3 is 2.04 bits per heavy atom. The molecule has 1 aromatic rings. The van der Waals surface area contributed by atoms with Crippen molar-refractivity contribution in [2.24, 2.45) is 0 Å². The Labute approximate surface area is 144 Å². The predicted molar refractivity (Wildman–Crippen MR) is 98.5 cm³/mol. The summed E-state index contributed by atoms with van der Waals surface area (Å²) in [5, 5.41) is 0. The zero-order valence-electron chi connectivity index (χ0n) is 15.8. The molecule has 1 aromatic heterocycles. The number of aryl methyl sites for hydroxylation is 2. The van der Waals surface area contributed by atoms with E-state index in [1.807, 2.05) is 0 Å². The van der Waals surface area contributed by atoms with Gasteiger partial charge in [-0.2, -0.15) is 4.57 Å². The van der Waals surface area contributed by atoms with Crippen molar-refractivity contribution < 1.29 is 9.30 Å². The highest BCUT2D eigenvalue weighted by Gasteiger charge is 2.04. The molecule has 0 fully saturated rings. The van der Waals surface area contributed by atoms with Crippen LogP contribution in [0.2, 0.25) is 0 Å². The highest BCUT2D eigenvalue weighted by atomic mass is 16.5. The maximum atomic E-state index is 5.78. The molecule has 0 aliphatic carbocycles. The van der Waals surface area contributed by atoms with Gasteiger partial charge in [0.15, 0.2) is 12.4 Å². The topological polar surface area (TPSA) is 13.1 Å². The second kappa shape index (κ2) is 13.5. The summed E-state index contributed by atoms with van der Waals surface area (Å²) in [4.78, 5) is 0. The van der Waals surface area contributed by atoms with Gasteiger partial charge in [0, 0.05) is 11.6 Å². The summed E-state index contributed by atoms with van der Waals surface area (Å²) in [6.07, 6.45) is 19.2. The average molecular weight is 321 g/mol. The molecule has 0 spiro atoms. The number of hydrogen-bond acceptors (Lipinski definition) is 1. The Kier molecular flexibility index (Phi) is 11.9. The summed E-state index contributed by atoms with van der Waals surface area (Å²) < 4.78 is 7.93. The Morgan fingerprint density at radius 2 is 1.48 bits per heavy atom. The van der Waals surface area contributed by atoms with E-state index in [-0.39, 0.29) is 0 Å². The highest BCUT2D eigenvalue weighted by Crippen LogP contribution is 2.10. The number of ether oxygens (including phenoxy) is 1. The fraction of sp³-hybridized carbons (Fsp3) is 0.762. The van der Waals surface area contributed by atoms with E-state index in [2.05, 4.69) is 43.8 Å². The summed E-state index contributed by atoms with van der Waals surface area (Å²) >= 11 is 0. The van der Waals surface area contributed by atoms with E-state index in [1.54, 1.807) is 0 Å². The number of hydrogen-bond donors (Lipinski definition) is 0. The van der Waals surface area contributed by atoms with E-state index in [9.17, 15) is 0 Å². The first-order chi connectivity index (χ1) is 11.3. The summed E-state index contributed by atoms with van der Waals surface area (Å²) in [6.45, 7) is 8.23. The van der Waals surface area contributed by atoms with Crippen LogP contribution in [-0.4, -0.2) is 6.61 Å². The van der Waals surface area contributed by atoms with E-state index >= 15 is 0 Å². The van der Waals surface area contributed by atoms with Crippen LogP contribution in [0.3, 0.4) is 0 Å². The fourth-order valence-electron chi connectivity index (χ4n) is 3.03. The van der Waals surface area contributed by atoms with Crippen LogP contribution < -0.4 is 4.57 Å². The number of nitrogens with zero attached hydrogens (tertiary/aromatic N) is 1. The quantitative estimate of drug-likeness (QED) is 0.315. The zero-order chi connectivity index (χ0) is 16.8. The molecule has 0 unspecified atom stereocenters. The molecule has 1 rings (SSSR count). The molecule has 0 amide bonds. The SMILES string of the molecule is CCCCCCCCCCCCOC[n+]1ccc(CC)c(C)c1. The molecule has 0 aliphatic heterocycles. The summed E-state index contributed by atoms with van der Waals surface area (Å²) in [6, 6.07) is 2.21. The maximum absolute atomic E-state index is 5.78. The van der Waals surface area contributed by atoms with Crippen LogP contribution >= 0.6 is 0 Å². The Balaban J connectivity index is 1.92. The first kappa shape index (κ1) is 20.2. The standard InChI is InChI=1S/C21H38NO/c1-4-6-7-8-9-10-11-12-13-14-17-23-19-22-16-15-21(5-2)20(3)18-22/h15-16,18H,4-14,17,19H2,1-3H3/q+1. The fourth-order valence-corrected chi connectivity index (χ4v) is 3.03. The smallest absolute Gasteiger partial charge is 0.252 e. The van der Waals surface area contributed by atoms with Crippen LogP contribution in [0, 0.1) is 6.92 Å². The van der Waals surface area contributed by atoms with Crippen LogP contribution in [0.25, 0.3) is 0 Å². The summed E-state index contributed by atoms with van der Waals surface area (Å²) in [7, 11) is 0. The molecule has 132 valence electrons. The number of unbranched alkanes of at least 4 members (excludes halogenated alkanes) is 9. The van der Waals surface area contributed by atoms with Gasteiger partial charge in [-0.05, 0) is 25.3 Å². The van der Waals surface area contributed by atoms with Gasteiger partial charge in [-0.3, -0.25) is 0 Å². The van der Waals surface area contributed by atoms with E-state index in [4.69, 9.17) is 4.74 Å². The van der Waals surface area contributed by atoms with Gasteiger partial charge in [-0.25, -0.2) is 0 Å². The maximum Gasteiger partial charge on any atom is 0.252 e.